The van der Waals surface area contributed by atoms with Crippen LogP contribution in [0.4, 0.5) is 0 Å². The minimum Gasteiger partial charge on any atom is -0.497 e. The van der Waals surface area contributed by atoms with E-state index in [1.54, 1.807) is 7.11 Å². The van der Waals surface area contributed by atoms with Gasteiger partial charge in [0.1, 0.15) is 23.8 Å². The van der Waals surface area contributed by atoms with Gasteiger partial charge in [0.2, 0.25) is 0 Å². The minimum absolute atomic E-state index is 0.0881. The van der Waals surface area contributed by atoms with Gasteiger partial charge in [-0.1, -0.05) is 24.3 Å². The number of hydrogen-bond acceptors (Lipinski definition) is 6. The predicted molar refractivity (Wildman–Crippen MR) is 91.2 cm³/mol. The first-order chi connectivity index (χ1) is 12.3. The minimum atomic E-state index is 0.0881. The summed E-state index contributed by atoms with van der Waals surface area (Å²) < 4.78 is 6.67. The van der Waals surface area contributed by atoms with Crippen LogP contribution in [0.2, 0.25) is 0 Å². The lowest BCUT2D eigenvalue weighted by Crippen LogP contribution is -2.03. The molecular weight excluding hydrogens is 316 g/mol. The molecule has 0 atom stereocenters. The van der Waals surface area contributed by atoms with Crippen LogP contribution in [0.5, 0.6) is 5.75 Å². The van der Waals surface area contributed by atoms with Crippen LogP contribution in [0, 0.1) is 11.3 Å². The van der Waals surface area contributed by atoms with E-state index in [1.807, 2.05) is 54.6 Å². The Morgan fingerprint density at radius 3 is 2.44 bits per heavy atom. The van der Waals surface area contributed by atoms with E-state index >= 15 is 0 Å². The second-order valence-electron chi connectivity index (χ2n) is 5.27. The standard InChI is InChI=1S/C18H12N6O/c1-25-13-8-6-12(7-9-13)17-14-4-2-3-5-15(14)18(22-21-17)24-11-20-16(10-19)23-24/h2-9,11H,1H3. The van der Waals surface area contributed by atoms with Crippen molar-refractivity contribution < 1.29 is 4.74 Å². The molecule has 0 spiro atoms. The molecule has 2 heterocycles. The van der Waals surface area contributed by atoms with E-state index in [9.17, 15) is 0 Å². The van der Waals surface area contributed by atoms with Crippen molar-refractivity contribution in [2.45, 2.75) is 0 Å². The van der Waals surface area contributed by atoms with Gasteiger partial charge in [-0.25, -0.2) is 4.98 Å². The fraction of sp³-hybridized carbons (Fsp3) is 0.0556. The lowest BCUT2D eigenvalue weighted by Gasteiger charge is -2.09. The first-order valence-corrected chi connectivity index (χ1v) is 7.52. The van der Waals surface area contributed by atoms with Gasteiger partial charge in [-0.15, -0.1) is 15.3 Å². The van der Waals surface area contributed by atoms with E-state index in [0.717, 1.165) is 27.8 Å². The van der Waals surface area contributed by atoms with Crippen LogP contribution in [0.25, 0.3) is 27.8 Å². The van der Waals surface area contributed by atoms with Crippen molar-refractivity contribution in [1.82, 2.24) is 25.0 Å². The number of ether oxygens (including phenoxy) is 1. The van der Waals surface area contributed by atoms with E-state index in [-0.39, 0.29) is 5.82 Å². The third kappa shape index (κ3) is 2.56. The molecule has 0 amide bonds. The molecule has 2 aromatic carbocycles. The molecule has 120 valence electrons. The molecule has 0 fully saturated rings. The van der Waals surface area contributed by atoms with Crippen molar-refractivity contribution in [2.24, 2.45) is 0 Å². The Hall–Kier alpha value is -3.79. The summed E-state index contributed by atoms with van der Waals surface area (Å²) in [4.78, 5) is 3.93. The van der Waals surface area contributed by atoms with Crippen LogP contribution < -0.4 is 4.74 Å². The summed E-state index contributed by atoms with van der Waals surface area (Å²) in [5.74, 6) is 1.40. The average Bonchev–Trinajstić information content (AvgIpc) is 3.16. The Balaban J connectivity index is 1.91. The highest BCUT2D eigenvalue weighted by Gasteiger charge is 2.13. The third-order valence-corrected chi connectivity index (χ3v) is 3.84. The Labute approximate surface area is 143 Å². The SMILES string of the molecule is COc1ccc(-c2nnc(-n3cnc(C#N)n3)c3ccccc23)cc1. The Morgan fingerprint density at radius 1 is 1.00 bits per heavy atom. The Bertz CT molecular complexity index is 1090. The molecule has 0 aliphatic carbocycles. The summed E-state index contributed by atoms with van der Waals surface area (Å²) >= 11 is 0. The smallest absolute Gasteiger partial charge is 0.252 e. The molecule has 7 heteroatoms. The molecule has 0 N–H and O–H groups in total. The van der Waals surface area contributed by atoms with Gasteiger partial charge in [0, 0.05) is 16.3 Å². The van der Waals surface area contributed by atoms with Crippen molar-refractivity contribution in [3.05, 3.63) is 60.7 Å². The number of nitrogens with zero attached hydrogens (tertiary/aromatic N) is 6. The quantitative estimate of drug-likeness (QED) is 0.574. The highest BCUT2D eigenvalue weighted by Crippen LogP contribution is 2.29. The van der Waals surface area contributed by atoms with Crippen molar-refractivity contribution >= 4 is 10.8 Å². The van der Waals surface area contributed by atoms with Gasteiger partial charge in [0.05, 0.1) is 7.11 Å². The third-order valence-electron chi connectivity index (χ3n) is 3.84. The van der Waals surface area contributed by atoms with Gasteiger partial charge in [0.25, 0.3) is 5.82 Å². The zero-order valence-corrected chi connectivity index (χ0v) is 13.3. The molecule has 25 heavy (non-hydrogen) atoms. The van der Waals surface area contributed by atoms with E-state index < -0.39 is 0 Å². The van der Waals surface area contributed by atoms with Crippen molar-refractivity contribution in [2.75, 3.05) is 7.11 Å². The largest absolute Gasteiger partial charge is 0.497 e. The van der Waals surface area contributed by atoms with Crippen LogP contribution >= 0.6 is 0 Å². The number of hydrogen-bond donors (Lipinski definition) is 0. The molecule has 2 aromatic heterocycles. The molecule has 0 bridgehead atoms. The van der Waals surface area contributed by atoms with Crippen LogP contribution in [-0.4, -0.2) is 32.1 Å². The molecule has 4 aromatic rings. The number of aromatic nitrogens is 5. The summed E-state index contributed by atoms with van der Waals surface area (Å²) in [6.07, 6.45) is 1.46. The number of fused-ring (bicyclic) bond motifs is 1. The predicted octanol–water partition coefficient (Wildman–Crippen LogP) is 2.76. The Kier molecular flexibility index (Phi) is 3.56. The fourth-order valence-electron chi connectivity index (χ4n) is 2.64. The number of benzene rings is 2. The van der Waals surface area contributed by atoms with Crippen LogP contribution in [-0.2, 0) is 0 Å². The first kappa shape index (κ1) is 14.8. The maximum Gasteiger partial charge on any atom is 0.252 e. The van der Waals surface area contributed by atoms with Gasteiger partial charge < -0.3 is 4.74 Å². The van der Waals surface area contributed by atoms with Gasteiger partial charge in [-0.2, -0.15) is 9.94 Å². The monoisotopic (exact) mass is 328 g/mol. The van der Waals surface area contributed by atoms with Gasteiger partial charge in [-0.05, 0) is 24.3 Å². The molecule has 0 saturated carbocycles. The maximum absolute atomic E-state index is 8.91. The summed E-state index contributed by atoms with van der Waals surface area (Å²) in [5, 5.41) is 23.5. The van der Waals surface area contributed by atoms with E-state index in [2.05, 4.69) is 20.3 Å². The zero-order chi connectivity index (χ0) is 17.2. The molecule has 0 unspecified atom stereocenters. The lowest BCUT2D eigenvalue weighted by atomic mass is 10.0. The molecule has 0 saturated heterocycles. The van der Waals surface area contributed by atoms with Crippen molar-refractivity contribution in [3.63, 3.8) is 0 Å². The van der Waals surface area contributed by atoms with E-state index in [0.29, 0.717) is 5.82 Å². The highest BCUT2D eigenvalue weighted by atomic mass is 16.5. The molecule has 7 nitrogen and oxygen atoms in total. The molecule has 4 rings (SSSR count). The summed E-state index contributed by atoms with van der Waals surface area (Å²) in [6.45, 7) is 0. The van der Waals surface area contributed by atoms with Crippen LogP contribution in [0.1, 0.15) is 5.82 Å². The van der Waals surface area contributed by atoms with E-state index in [1.165, 1.54) is 11.0 Å². The van der Waals surface area contributed by atoms with E-state index in [4.69, 9.17) is 10.00 Å². The fourth-order valence-corrected chi connectivity index (χ4v) is 2.64. The van der Waals surface area contributed by atoms with Crippen LogP contribution in [0.3, 0.4) is 0 Å². The van der Waals surface area contributed by atoms with Crippen LogP contribution in [0.15, 0.2) is 54.9 Å². The van der Waals surface area contributed by atoms with Gasteiger partial charge in [0.15, 0.2) is 5.82 Å². The topological polar surface area (TPSA) is 89.5 Å². The number of rotatable bonds is 3. The zero-order valence-electron chi connectivity index (χ0n) is 13.3. The molecule has 0 aliphatic rings. The molecule has 0 radical (unpaired) electrons. The highest BCUT2D eigenvalue weighted by molar-refractivity contribution is 5.97. The molecule has 0 aliphatic heterocycles. The Morgan fingerprint density at radius 2 is 1.76 bits per heavy atom. The first-order valence-electron chi connectivity index (χ1n) is 7.52. The summed E-state index contributed by atoms with van der Waals surface area (Å²) in [7, 11) is 1.63. The second kappa shape index (κ2) is 6.02. The molecular formula is C18H12N6O. The number of methoxy groups -OCH3 is 1. The van der Waals surface area contributed by atoms with Gasteiger partial charge >= 0.3 is 0 Å². The lowest BCUT2D eigenvalue weighted by molar-refractivity contribution is 0.415. The van der Waals surface area contributed by atoms with Gasteiger partial charge in [-0.3, -0.25) is 0 Å². The maximum atomic E-state index is 8.91. The van der Waals surface area contributed by atoms with Crippen molar-refractivity contribution in [1.29, 1.82) is 5.26 Å². The summed E-state index contributed by atoms with van der Waals surface area (Å²) in [5.41, 5.74) is 1.70. The average molecular weight is 328 g/mol. The normalized spacial score (nSPS) is 10.6. The van der Waals surface area contributed by atoms with Crippen molar-refractivity contribution in [3.8, 4) is 28.9 Å². The second-order valence-corrected chi connectivity index (χ2v) is 5.27. The number of nitriles is 1. The summed E-state index contributed by atoms with van der Waals surface area (Å²) in [6, 6.07) is 17.4.